The molecule has 2 aromatic rings. The summed E-state index contributed by atoms with van der Waals surface area (Å²) >= 11 is 0. The Bertz CT molecular complexity index is 866. The summed E-state index contributed by atoms with van der Waals surface area (Å²) in [5.41, 5.74) is 1.00. The van der Waals surface area contributed by atoms with Gasteiger partial charge in [-0.05, 0) is 30.9 Å². The Morgan fingerprint density at radius 3 is 2.68 bits per heavy atom. The lowest BCUT2D eigenvalue weighted by molar-refractivity contribution is -0.132. The number of aryl methyl sites for hydroxylation is 1. The van der Waals surface area contributed by atoms with Crippen LogP contribution in [0.4, 0.5) is 0 Å². The topological polar surface area (TPSA) is 80.1 Å². The molecule has 4 rings (SSSR count). The monoisotopic (exact) mass is 379 g/mol. The molecular weight excluding hydrogens is 354 g/mol. The summed E-state index contributed by atoms with van der Waals surface area (Å²) in [6.45, 7) is 2.57. The van der Waals surface area contributed by atoms with E-state index in [1.165, 1.54) is 0 Å². The minimum atomic E-state index is -0.0527. The van der Waals surface area contributed by atoms with Crippen LogP contribution in [0.15, 0.2) is 36.4 Å². The van der Waals surface area contributed by atoms with Crippen molar-refractivity contribution in [3.05, 3.63) is 53.6 Å². The number of nitrogens with zero attached hydrogens (tertiary/aromatic N) is 4. The van der Waals surface area contributed by atoms with Gasteiger partial charge in [0.25, 0.3) is 0 Å². The third-order valence-electron chi connectivity index (χ3n) is 5.50. The average Bonchev–Trinajstić information content (AvgIpc) is 3.35. The van der Waals surface area contributed by atoms with E-state index in [1.54, 1.807) is 6.08 Å². The molecule has 28 heavy (non-hydrogen) atoms. The van der Waals surface area contributed by atoms with Crippen LogP contribution in [0.2, 0.25) is 0 Å². The van der Waals surface area contributed by atoms with E-state index in [0.717, 1.165) is 36.6 Å². The predicted molar refractivity (Wildman–Crippen MR) is 105 cm³/mol. The van der Waals surface area contributed by atoms with Crippen LogP contribution in [0.1, 0.15) is 36.5 Å². The van der Waals surface area contributed by atoms with E-state index in [-0.39, 0.29) is 17.7 Å². The number of hydrogen-bond acceptors (Lipinski definition) is 4. The van der Waals surface area contributed by atoms with Crippen molar-refractivity contribution in [3.8, 4) is 0 Å². The molecule has 2 amide bonds. The first-order valence-corrected chi connectivity index (χ1v) is 9.91. The number of piperidine rings is 1. The molecule has 0 atom stereocenters. The molecule has 3 heterocycles. The molecule has 7 heteroatoms. The third kappa shape index (κ3) is 4.13. The molecule has 1 aromatic heterocycles. The summed E-state index contributed by atoms with van der Waals surface area (Å²) < 4.78 is 2.10. The van der Waals surface area contributed by atoms with Crippen LogP contribution in [0.25, 0.3) is 6.08 Å². The van der Waals surface area contributed by atoms with E-state index in [9.17, 15) is 9.59 Å². The van der Waals surface area contributed by atoms with E-state index in [1.807, 2.05) is 41.3 Å². The van der Waals surface area contributed by atoms with Crippen LogP contribution in [0.3, 0.4) is 0 Å². The van der Waals surface area contributed by atoms with E-state index in [2.05, 4.69) is 20.1 Å². The quantitative estimate of drug-likeness (QED) is 0.804. The predicted octanol–water partition coefficient (Wildman–Crippen LogP) is 1.79. The molecule has 1 aromatic carbocycles. The van der Waals surface area contributed by atoms with Gasteiger partial charge in [0.1, 0.15) is 5.82 Å². The first kappa shape index (κ1) is 18.4. The minimum absolute atomic E-state index is 0.00161. The number of amides is 2. The molecule has 2 aliphatic rings. The standard InChI is InChI=1S/C21H25N5O2/c27-20(9-8-16-5-2-1-3-6-16)25-13-10-17(11-14-25)21(28)22-15-19-24-23-18-7-4-12-26(18)19/h1-3,5-6,8-9,17H,4,7,10-15H2,(H,22,28). The molecule has 1 saturated heterocycles. The van der Waals surface area contributed by atoms with Gasteiger partial charge in [0.15, 0.2) is 5.82 Å². The molecule has 146 valence electrons. The maximum atomic E-state index is 12.5. The zero-order valence-electron chi connectivity index (χ0n) is 15.9. The van der Waals surface area contributed by atoms with Crippen LogP contribution in [-0.2, 0) is 29.1 Å². The van der Waals surface area contributed by atoms with Gasteiger partial charge in [-0.1, -0.05) is 30.3 Å². The SMILES string of the molecule is O=C(NCc1nnc2n1CCC2)C1CCN(C(=O)C=Cc2ccccc2)CC1. The Kier molecular flexibility index (Phi) is 5.50. The number of likely N-dealkylation sites (tertiary alicyclic amines) is 1. The van der Waals surface area contributed by atoms with Gasteiger partial charge in [-0.25, -0.2) is 0 Å². The second-order valence-corrected chi connectivity index (χ2v) is 7.35. The minimum Gasteiger partial charge on any atom is -0.349 e. The van der Waals surface area contributed by atoms with Crippen LogP contribution in [-0.4, -0.2) is 44.6 Å². The van der Waals surface area contributed by atoms with E-state index < -0.39 is 0 Å². The van der Waals surface area contributed by atoms with Crippen molar-refractivity contribution >= 4 is 17.9 Å². The summed E-state index contributed by atoms with van der Waals surface area (Å²) in [5, 5.41) is 11.3. The van der Waals surface area contributed by atoms with Crippen molar-refractivity contribution in [3.63, 3.8) is 0 Å². The molecule has 0 bridgehead atoms. The first-order chi connectivity index (χ1) is 13.7. The van der Waals surface area contributed by atoms with Gasteiger partial charge < -0.3 is 14.8 Å². The summed E-state index contributed by atoms with van der Waals surface area (Å²) in [6, 6.07) is 9.77. The number of fused-ring (bicyclic) bond motifs is 1. The number of hydrogen-bond donors (Lipinski definition) is 1. The summed E-state index contributed by atoms with van der Waals surface area (Å²) in [4.78, 5) is 26.7. The van der Waals surface area contributed by atoms with Crippen molar-refractivity contribution in [1.29, 1.82) is 0 Å². The molecule has 2 aliphatic heterocycles. The first-order valence-electron chi connectivity index (χ1n) is 9.91. The summed E-state index contributed by atoms with van der Waals surface area (Å²) in [5.74, 6) is 1.84. The lowest BCUT2D eigenvalue weighted by atomic mass is 9.96. The lowest BCUT2D eigenvalue weighted by Crippen LogP contribution is -2.42. The number of nitrogens with one attached hydrogen (secondary N) is 1. The second-order valence-electron chi connectivity index (χ2n) is 7.35. The summed E-state index contributed by atoms with van der Waals surface area (Å²) in [6.07, 6.45) is 6.88. The maximum Gasteiger partial charge on any atom is 0.246 e. The molecular formula is C21H25N5O2. The fourth-order valence-electron chi connectivity index (χ4n) is 3.85. The Labute approximate surface area is 164 Å². The highest BCUT2D eigenvalue weighted by atomic mass is 16.2. The molecule has 0 unspecified atom stereocenters. The van der Waals surface area contributed by atoms with Crippen LogP contribution in [0, 0.1) is 5.92 Å². The number of aromatic nitrogens is 3. The molecule has 1 N–H and O–H groups in total. The molecule has 0 radical (unpaired) electrons. The highest BCUT2D eigenvalue weighted by Crippen LogP contribution is 2.19. The fraction of sp³-hybridized carbons (Fsp3) is 0.429. The fourth-order valence-corrected chi connectivity index (χ4v) is 3.85. The van der Waals surface area contributed by atoms with Gasteiger partial charge in [-0.15, -0.1) is 10.2 Å². The maximum absolute atomic E-state index is 12.5. The van der Waals surface area contributed by atoms with Gasteiger partial charge in [-0.2, -0.15) is 0 Å². The molecule has 7 nitrogen and oxygen atoms in total. The zero-order valence-corrected chi connectivity index (χ0v) is 15.9. The third-order valence-corrected chi connectivity index (χ3v) is 5.50. The number of carbonyl (C=O) groups excluding carboxylic acids is 2. The number of rotatable bonds is 5. The van der Waals surface area contributed by atoms with Crippen molar-refractivity contribution in [1.82, 2.24) is 25.0 Å². The second kappa shape index (κ2) is 8.37. The van der Waals surface area contributed by atoms with Crippen LogP contribution < -0.4 is 5.32 Å². The van der Waals surface area contributed by atoms with Crippen molar-refractivity contribution < 1.29 is 9.59 Å². The molecule has 0 saturated carbocycles. The van der Waals surface area contributed by atoms with Crippen molar-refractivity contribution in [2.75, 3.05) is 13.1 Å². The van der Waals surface area contributed by atoms with Gasteiger partial charge in [0, 0.05) is 38.0 Å². The van der Waals surface area contributed by atoms with Crippen molar-refractivity contribution in [2.24, 2.45) is 5.92 Å². The average molecular weight is 379 g/mol. The smallest absolute Gasteiger partial charge is 0.246 e. The van der Waals surface area contributed by atoms with Gasteiger partial charge in [-0.3, -0.25) is 9.59 Å². The van der Waals surface area contributed by atoms with Crippen molar-refractivity contribution in [2.45, 2.75) is 38.8 Å². The number of benzene rings is 1. The highest BCUT2D eigenvalue weighted by molar-refractivity contribution is 5.92. The number of carbonyl (C=O) groups is 2. The lowest BCUT2D eigenvalue weighted by Gasteiger charge is -2.30. The Morgan fingerprint density at radius 2 is 1.89 bits per heavy atom. The van der Waals surface area contributed by atoms with Gasteiger partial charge in [0.2, 0.25) is 11.8 Å². The molecule has 0 spiro atoms. The van der Waals surface area contributed by atoms with E-state index in [4.69, 9.17) is 0 Å². The van der Waals surface area contributed by atoms with E-state index >= 15 is 0 Å². The van der Waals surface area contributed by atoms with Crippen LogP contribution >= 0.6 is 0 Å². The van der Waals surface area contributed by atoms with Crippen LogP contribution in [0.5, 0.6) is 0 Å². The van der Waals surface area contributed by atoms with Gasteiger partial charge in [0.05, 0.1) is 6.54 Å². The Morgan fingerprint density at radius 1 is 1.11 bits per heavy atom. The normalized spacial score (nSPS) is 17.1. The zero-order chi connectivity index (χ0) is 19.3. The Hall–Kier alpha value is -2.96. The summed E-state index contributed by atoms with van der Waals surface area (Å²) in [7, 11) is 0. The molecule has 0 aliphatic carbocycles. The highest BCUT2D eigenvalue weighted by Gasteiger charge is 2.27. The van der Waals surface area contributed by atoms with E-state index in [0.29, 0.717) is 32.5 Å². The molecule has 1 fully saturated rings. The largest absolute Gasteiger partial charge is 0.349 e. The van der Waals surface area contributed by atoms with Gasteiger partial charge >= 0.3 is 0 Å². The Balaban J connectivity index is 1.23.